The standard InChI is InChI=1S/C58H72ClFN10O8S/c1-36(2)54(51-27-37(3)67-78-51)58(75)70-33-42(71)29-48(70)57(74)66-46(39-14-16-40(17-15-39)55-38(4)64-35-79-55)32-52(72)61-20-11-9-7-6-8-10-13-53(73)69-24-22-68(23-25-69)21-12-26-77-50-30-43-47(31-49(50)76-5)62-34-63-56(43)65-41-18-19-45(60)44(59)28-41/h14-19,27-28,30-31,34-36,42,46,48,54,71H,6-13,20-26,29,32-33H2,1-5H3,(H,61,72)(H,66,74)(H,62,63,65)/t42-,46+,48+,54-/m1/s1. The maximum Gasteiger partial charge on any atom is 0.243 e. The first-order valence-electron chi connectivity index (χ1n) is 27.3. The van der Waals surface area contributed by atoms with E-state index < -0.39 is 35.8 Å². The minimum Gasteiger partial charge on any atom is -0.493 e. The number of aliphatic hydroxyl groups excluding tert-OH is 1. The minimum atomic E-state index is -0.943. The van der Waals surface area contributed by atoms with Crippen LogP contribution in [0.3, 0.4) is 0 Å². The van der Waals surface area contributed by atoms with Crippen molar-refractivity contribution in [2.45, 2.75) is 116 Å². The van der Waals surface area contributed by atoms with E-state index in [1.54, 1.807) is 49.1 Å². The number of hydrogen-bond donors (Lipinski definition) is 4. The van der Waals surface area contributed by atoms with Gasteiger partial charge in [-0.05, 0) is 74.4 Å². The number of thiazole rings is 1. The van der Waals surface area contributed by atoms with Crippen LogP contribution in [0.25, 0.3) is 21.3 Å². The summed E-state index contributed by atoms with van der Waals surface area (Å²) in [5.74, 6) is -0.105. The van der Waals surface area contributed by atoms with Crippen molar-refractivity contribution in [1.82, 2.24) is 45.4 Å². The summed E-state index contributed by atoms with van der Waals surface area (Å²) in [4.78, 5) is 74.9. The number of aryl methyl sites for hydroxylation is 2. The number of benzene rings is 3. The number of amides is 4. The maximum atomic E-state index is 14.2. The Morgan fingerprint density at radius 3 is 2.37 bits per heavy atom. The van der Waals surface area contributed by atoms with E-state index in [4.69, 9.17) is 25.6 Å². The molecule has 2 saturated heterocycles. The van der Waals surface area contributed by atoms with Crippen molar-refractivity contribution in [3.05, 3.63) is 106 Å². The molecule has 0 spiro atoms. The van der Waals surface area contributed by atoms with Gasteiger partial charge in [-0.25, -0.2) is 19.3 Å². The van der Waals surface area contributed by atoms with Crippen LogP contribution < -0.4 is 25.4 Å². The van der Waals surface area contributed by atoms with E-state index in [1.165, 1.54) is 23.4 Å². The van der Waals surface area contributed by atoms with Gasteiger partial charge in [-0.1, -0.05) is 80.6 Å². The number of hydrogen-bond acceptors (Lipinski definition) is 15. The van der Waals surface area contributed by atoms with Gasteiger partial charge in [0.15, 0.2) is 11.5 Å². The Morgan fingerprint density at radius 2 is 1.67 bits per heavy atom. The first kappa shape index (κ1) is 58.4. The number of carbonyl (C=O) groups excluding carboxylic acids is 4. The van der Waals surface area contributed by atoms with Crippen LogP contribution in [0.4, 0.5) is 15.9 Å². The van der Waals surface area contributed by atoms with Gasteiger partial charge in [-0.3, -0.25) is 24.1 Å². The number of β-amino-alcohol motifs (C(OH)–C–C–N with tert-alkyl or cyclic N) is 1. The average molecular weight is 1120 g/mol. The molecule has 4 N–H and O–H groups in total. The highest BCUT2D eigenvalue weighted by Gasteiger charge is 2.44. The van der Waals surface area contributed by atoms with Crippen LogP contribution in [0.2, 0.25) is 5.02 Å². The second-order valence-corrected chi connectivity index (χ2v) is 22.0. The van der Waals surface area contributed by atoms with Gasteiger partial charge in [-0.15, -0.1) is 11.3 Å². The third-order valence-corrected chi connectivity index (χ3v) is 15.9. The fraction of sp³-hybridized carbons (Fsp3) is 0.483. The van der Waals surface area contributed by atoms with Crippen LogP contribution >= 0.6 is 22.9 Å². The summed E-state index contributed by atoms with van der Waals surface area (Å²) in [6.07, 6.45) is 7.40. The lowest BCUT2D eigenvalue weighted by Gasteiger charge is -2.34. The van der Waals surface area contributed by atoms with Crippen molar-refractivity contribution >= 4 is 69.0 Å². The first-order chi connectivity index (χ1) is 38.1. The van der Waals surface area contributed by atoms with E-state index in [0.29, 0.717) is 78.0 Å². The Morgan fingerprint density at radius 1 is 0.911 bits per heavy atom. The fourth-order valence-electron chi connectivity index (χ4n) is 10.3. The largest absolute Gasteiger partial charge is 0.493 e. The molecule has 6 aromatic rings. The number of nitrogens with one attached hydrogen (secondary N) is 3. The highest BCUT2D eigenvalue weighted by atomic mass is 35.5. The molecule has 0 saturated carbocycles. The molecule has 4 atom stereocenters. The lowest BCUT2D eigenvalue weighted by Crippen LogP contribution is -2.49. The molecule has 4 amide bonds. The van der Waals surface area contributed by atoms with Crippen molar-refractivity contribution < 1.29 is 42.7 Å². The molecule has 0 aliphatic carbocycles. The number of piperazine rings is 1. The van der Waals surface area contributed by atoms with Gasteiger partial charge >= 0.3 is 0 Å². The molecule has 79 heavy (non-hydrogen) atoms. The zero-order chi connectivity index (χ0) is 56.0. The summed E-state index contributed by atoms with van der Waals surface area (Å²) in [5, 5.41) is 24.8. The van der Waals surface area contributed by atoms with Gasteiger partial charge in [0.2, 0.25) is 23.6 Å². The molecule has 21 heteroatoms. The number of nitrogens with zero attached hydrogens (tertiary/aromatic N) is 7. The third kappa shape index (κ3) is 15.6. The number of fused-ring (bicyclic) bond motifs is 1. The zero-order valence-corrected chi connectivity index (χ0v) is 47.2. The molecule has 18 nitrogen and oxygen atoms in total. The van der Waals surface area contributed by atoms with E-state index in [1.807, 2.05) is 56.0 Å². The van der Waals surface area contributed by atoms with E-state index in [9.17, 15) is 28.7 Å². The molecule has 5 heterocycles. The highest BCUT2D eigenvalue weighted by molar-refractivity contribution is 7.13. The predicted octanol–water partition coefficient (Wildman–Crippen LogP) is 9.31. The molecule has 0 bridgehead atoms. The molecule has 0 radical (unpaired) electrons. The molecule has 2 aliphatic heterocycles. The molecule has 3 aromatic carbocycles. The van der Waals surface area contributed by atoms with Crippen molar-refractivity contribution in [1.29, 1.82) is 0 Å². The minimum absolute atomic E-state index is 0.00224. The Bertz CT molecular complexity index is 3020. The molecule has 2 aliphatic rings. The van der Waals surface area contributed by atoms with Crippen molar-refractivity contribution in [3.63, 3.8) is 0 Å². The van der Waals surface area contributed by atoms with E-state index in [-0.39, 0.29) is 48.0 Å². The molecule has 422 valence electrons. The molecular weight excluding hydrogens is 1050 g/mol. The van der Waals surface area contributed by atoms with Gasteiger partial charge in [-0.2, -0.15) is 0 Å². The van der Waals surface area contributed by atoms with Crippen LogP contribution in [0.5, 0.6) is 11.5 Å². The van der Waals surface area contributed by atoms with Crippen LogP contribution in [0.1, 0.15) is 113 Å². The van der Waals surface area contributed by atoms with Crippen LogP contribution in [-0.2, 0) is 19.2 Å². The van der Waals surface area contributed by atoms with Gasteiger partial charge in [0.05, 0.1) is 64.6 Å². The summed E-state index contributed by atoms with van der Waals surface area (Å²) in [7, 11) is 1.58. The number of carbonyl (C=O) groups is 4. The second kappa shape index (κ2) is 27.9. The number of ether oxygens (including phenoxy) is 2. The lowest BCUT2D eigenvalue weighted by molar-refractivity contribution is -0.141. The van der Waals surface area contributed by atoms with Crippen molar-refractivity contribution in [3.8, 4) is 21.9 Å². The number of unbranched alkanes of at least 4 members (excludes halogenated alkanes) is 5. The Labute approximate surface area is 469 Å². The molecule has 3 aromatic heterocycles. The van der Waals surface area contributed by atoms with Crippen molar-refractivity contribution in [2.24, 2.45) is 5.92 Å². The Hall–Kier alpha value is -6.74. The molecule has 8 rings (SSSR count). The van der Waals surface area contributed by atoms with Crippen LogP contribution in [0.15, 0.2) is 77.0 Å². The summed E-state index contributed by atoms with van der Waals surface area (Å²) in [6.45, 7) is 12.3. The topological polar surface area (TPSA) is 217 Å². The second-order valence-electron chi connectivity index (χ2n) is 20.8. The molecular formula is C58H72ClFN10O8S. The molecule has 2 fully saturated rings. The van der Waals surface area contributed by atoms with Gasteiger partial charge in [0.25, 0.3) is 0 Å². The van der Waals surface area contributed by atoms with E-state index in [2.05, 4.69) is 41.0 Å². The first-order valence-corrected chi connectivity index (χ1v) is 28.6. The maximum absolute atomic E-state index is 14.2. The van der Waals surface area contributed by atoms with Crippen LogP contribution in [-0.4, -0.2) is 135 Å². The number of rotatable bonds is 26. The summed E-state index contributed by atoms with van der Waals surface area (Å²) in [6, 6.07) is 15.8. The fourth-order valence-corrected chi connectivity index (χ4v) is 11.3. The number of aromatic nitrogens is 4. The van der Waals surface area contributed by atoms with Gasteiger partial charge in [0, 0.05) is 81.9 Å². The van der Waals surface area contributed by atoms with E-state index in [0.717, 1.165) is 86.3 Å². The normalized spacial score (nSPS) is 16.5. The number of likely N-dealkylation sites (tertiary alicyclic amines) is 1. The SMILES string of the molecule is COc1cc2ncnc(Nc3ccc(F)c(Cl)c3)c2cc1OCCCN1CCN(C(=O)CCCCCCCCNC(=O)C[C@H](NC(=O)[C@@H]2C[C@@H](O)CN2C(=O)[C@@H](c2cc(C)no2)C(C)C)c2ccc(-c3scnc3C)cc2)CC1. The number of halogens is 2. The Balaban J connectivity index is 0.725. The number of methoxy groups -OCH3 is 1. The predicted molar refractivity (Wildman–Crippen MR) is 302 cm³/mol. The smallest absolute Gasteiger partial charge is 0.243 e. The summed E-state index contributed by atoms with van der Waals surface area (Å²) in [5.41, 5.74) is 6.31. The highest BCUT2D eigenvalue weighted by Crippen LogP contribution is 2.36. The summed E-state index contributed by atoms with van der Waals surface area (Å²) >= 11 is 7.54. The Kier molecular flexibility index (Phi) is 20.6. The lowest BCUT2D eigenvalue weighted by atomic mass is 9.91. The summed E-state index contributed by atoms with van der Waals surface area (Å²) < 4.78 is 31.1. The quantitative estimate of drug-likeness (QED) is 0.0372. The van der Waals surface area contributed by atoms with E-state index >= 15 is 0 Å². The molecule has 0 unspecified atom stereocenters. The number of anilines is 2. The van der Waals surface area contributed by atoms with Crippen LogP contribution in [0, 0.1) is 25.6 Å². The van der Waals surface area contributed by atoms with Crippen molar-refractivity contribution in [2.75, 3.05) is 64.8 Å². The van der Waals surface area contributed by atoms with Gasteiger partial charge in [0.1, 0.15) is 35.7 Å². The average Bonchev–Trinajstić information content (AvgIpc) is 4.22. The number of aliphatic hydroxyl groups is 1. The van der Waals surface area contributed by atoms with Gasteiger partial charge < -0.3 is 44.9 Å². The monoisotopic (exact) mass is 1120 g/mol. The zero-order valence-electron chi connectivity index (χ0n) is 45.6. The third-order valence-electron chi connectivity index (χ3n) is 14.6.